The van der Waals surface area contributed by atoms with Crippen LogP contribution >= 0.6 is 0 Å². The molecule has 1 amide bonds. The van der Waals surface area contributed by atoms with Crippen LogP contribution in [-0.4, -0.2) is 33.7 Å². The maximum absolute atomic E-state index is 12.6. The standard InChI is InChI=1S/C21H26N2O3/c1-23(19-10-6-8-15-7-4-5-9-17(15)19)14-21(24)22-18-13-16(25-2)11-12-20(18)26-3/h4-5,7,9,11-13,19H,6,8,10,14H2,1-3H3,(H,22,24)/p+1/t19-/m1/s1. The monoisotopic (exact) mass is 355 g/mol. The minimum absolute atomic E-state index is 0.0305. The Balaban J connectivity index is 1.69. The van der Waals surface area contributed by atoms with Gasteiger partial charge in [-0.2, -0.15) is 0 Å². The molecule has 2 N–H and O–H groups in total. The second-order valence-electron chi connectivity index (χ2n) is 6.78. The molecule has 138 valence electrons. The number of benzene rings is 2. The van der Waals surface area contributed by atoms with Crippen molar-refractivity contribution in [2.75, 3.05) is 33.1 Å². The van der Waals surface area contributed by atoms with Gasteiger partial charge >= 0.3 is 0 Å². The molecule has 0 saturated heterocycles. The number of anilines is 1. The van der Waals surface area contributed by atoms with Gasteiger partial charge in [0.05, 0.1) is 27.0 Å². The number of hydrogen-bond donors (Lipinski definition) is 2. The quantitative estimate of drug-likeness (QED) is 0.836. The number of carbonyl (C=O) groups is 1. The number of likely N-dealkylation sites (N-methyl/N-ethyl adjacent to an activating group) is 1. The number of hydrogen-bond acceptors (Lipinski definition) is 3. The summed E-state index contributed by atoms with van der Waals surface area (Å²) in [7, 11) is 5.29. The van der Waals surface area contributed by atoms with Crippen LogP contribution in [0.4, 0.5) is 5.69 Å². The number of ether oxygens (including phenoxy) is 2. The number of methoxy groups -OCH3 is 2. The highest BCUT2D eigenvalue weighted by atomic mass is 16.5. The smallest absolute Gasteiger partial charge is 0.279 e. The lowest BCUT2D eigenvalue weighted by molar-refractivity contribution is -0.905. The maximum atomic E-state index is 12.6. The van der Waals surface area contributed by atoms with Gasteiger partial charge in [-0.05, 0) is 30.5 Å². The van der Waals surface area contributed by atoms with E-state index >= 15 is 0 Å². The van der Waals surface area contributed by atoms with E-state index in [-0.39, 0.29) is 5.91 Å². The van der Waals surface area contributed by atoms with Crippen LogP contribution in [0.1, 0.15) is 30.0 Å². The fourth-order valence-electron chi connectivity index (χ4n) is 3.75. The molecule has 1 aliphatic carbocycles. The van der Waals surface area contributed by atoms with Gasteiger partial charge < -0.3 is 19.7 Å². The predicted molar refractivity (Wildman–Crippen MR) is 102 cm³/mol. The third-order valence-electron chi connectivity index (χ3n) is 5.08. The molecule has 0 heterocycles. The van der Waals surface area contributed by atoms with Gasteiger partial charge in [0, 0.05) is 18.1 Å². The summed E-state index contributed by atoms with van der Waals surface area (Å²) < 4.78 is 10.6. The highest BCUT2D eigenvalue weighted by Crippen LogP contribution is 2.29. The lowest BCUT2D eigenvalue weighted by Crippen LogP contribution is -3.10. The summed E-state index contributed by atoms with van der Waals surface area (Å²) in [6.45, 7) is 0.402. The molecule has 0 fully saturated rings. The topological polar surface area (TPSA) is 52.0 Å². The fourth-order valence-corrected chi connectivity index (χ4v) is 3.75. The Hall–Kier alpha value is -2.53. The first-order valence-corrected chi connectivity index (χ1v) is 9.04. The van der Waals surface area contributed by atoms with E-state index in [1.54, 1.807) is 26.4 Å². The van der Waals surface area contributed by atoms with E-state index in [0.717, 1.165) is 12.8 Å². The van der Waals surface area contributed by atoms with E-state index in [2.05, 4.69) is 36.6 Å². The summed E-state index contributed by atoms with van der Waals surface area (Å²) in [5.74, 6) is 1.28. The number of quaternary nitrogens is 1. The van der Waals surface area contributed by atoms with E-state index in [4.69, 9.17) is 9.47 Å². The molecule has 0 aliphatic heterocycles. The van der Waals surface area contributed by atoms with Crippen LogP contribution in [-0.2, 0) is 11.2 Å². The van der Waals surface area contributed by atoms with Gasteiger partial charge in [-0.1, -0.05) is 24.3 Å². The molecular weight excluding hydrogens is 328 g/mol. The molecule has 1 unspecified atom stereocenters. The zero-order valence-electron chi connectivity index (χ0n) is 15.7. The van der Waals surface area contributed by atoms with Gasteiger partial charge in [0.25, 0.3) is 5.91 Å². The summed E-state index contributed by atoms with van der Waals surface area (Å²) in [6.07, 6.45) is 3.41. The van der Waals surface area contributed by atoms with Crippen molar-refractivity contribution < 1.29 is 19.2 Å². The number of nitrogens with one attached hydrogen (secondary N) is 2. The van der Waals surface area contributed by atoms with Gasteiger partial charge in [0.1, 0.15) is 17.5 Å². The first kappa shape index (κ1) is 18.3. The Kier molecular flexibility index (Phi) is 5.78. The average molecular weight is 355 g/mol. The largest absolute Gasteiger partial charge is 0.497 e. The van der Waals surface area contributed by atoms with E-state index in [0.29, 0.717) is 29.8 Å². The Morgan fingerprint density at radius 1 is 1.19 bits per heavy atom. The average Bonchev–Trinajstić information content (AvgIpc) is 2.67. The van der Waals surface area contributed by atoms with Crippen molar-refractivity contribution in [2.45, 2.75) is 25.3 Å². The normalized spacial score (nSPS) is 17.1. The second kappa shape index (κ2) is 8.23. The van der Waals surface area contributed by atoms with E-state index in [9.17, 15) is 4.79 Å². The third-order valence-corrected chi connectivity index (χ3v) is 5.08. The summed E-state index contributed by atoms with van der Waals surface area (Å²) in [6, 6.07) is 14.3. The Labute approximate surface area is 154 Å². The second-order valence-corrected chi connectivity index (χ2v) is 6.78. The minimum atomic E-state index is -0.0305. The van der Waals surface area contributed by atoms with Crippen molar-refractivity contribution in [1.82, 2.24) is 0 Å². The lowest BCUT2D eigenvalue weighted by atomic mass is 9.87. The molecular formula is C21H27N2O3+. The van der Waals surface area contributed by atoms with Crippen LogP contribution < -0.4 is 19.7 Å². The summed E-state index contributed by atoms with van der Waals surface area (Å²) in [4.78, 5) is 13.8. The first-order chi connectivity index (χ1) is 12.6. The van der Waals surface area contributed by atoms with E-state index in [1.165, 1.54) is 22.4 Å². The zero-order valence-corrected chi connectivity index (χ0v) is 15.7. The SMILES string of the molecule is COc1ccc(OC)c(NC(=O)C[NH+](C)[C@@H]2CCCc3ccccc32)c1. The molecule has 26 heavy (non-hydrogen) atoms. The number of fused-ring (bicyclic) bond motifs is 1. The van der Waals surface area contributed by atoms with Crippen LogP contribution in [0.15, 0.2) is 42.5 Å². The molecule has 5 nitrogen and oxygen atoms in total. The van der Waals surface area contributed by atoms with Crippen LogP contribution in [0, 0.1) is 0 Å². The molecule has 0 aromatic heterocycles. The number of rotatable bonds is 6. The van der Waals surface area contributed by atoms with Gasteiger partial charge in [0.15, 0.2) is 6.54 Å². The molecule has 0 saturated carbocycles. The number of carbonyl (C=O) groups excluding carboxylic acids is 1. The molecule has 0 bridgehead atoms. The predicted octanol–water partition coefficient (Wildman–Crippen LogP) is 2.23. The van der Waals surface area contributed by atoms with Crippen LogP contribution in [0.3, 0.4) is 0 Å². The van der Waals surface area contributed by atoms with Crippen LogP contribution in [0.25, 0.3) is 0 Å². The van der Waals surface area contributed by atoms with Gasteiger partial charge in [0.2, 0.25) is 0 Å². The Morgan fingerprint density at radius 2 is 2.00 bits per heavy atom. The molecule has 2 aromatic carbocycles. The molecule has 5 heteroatoms. The van der Waals surface area contributed by atoms with E-state index in [1.807, 2.05) is 6.07 Å². The molecule has 1 aliphatic rings. The van der Waals surface area contributed by atoms with Crippen molar-refractivity contribution in [2.24, 2.45) is 0 Å². The van der Waals surface area contributed by atoms with E-state index < -0.39 is 0 Å². The van der Waals surface area contributed by atoms with Gasteiger partial charge in [-0.3, -0.25) is 4.79 Å². The molecule has 0 spiro atoms. The van der Waals surface area contributed by atoms with Gasteiger partial charge in [-0.25, -0.2) is 0 Å². The van der Waals surface area contributed by atoms with Crippen molar-refractivity contribution in [3.63, 3.8) is 0 Å². The Bertz CT molecular complexity index is 776. The molecule has 2 aromatic rings. The molecule has 2 atom stereocenters. The van der Waals surface area contributed by atoms with Crippen molar-refractivity contribution in [3.05, 3.63) is 53.6 Å². The zero-order chi connectivity index (χ0) is 18.5. The third kappa shape index (κ3) is 3.99. The van der Waals surface area contributed by atoms with Gasteiger partial charge in [-0.15, -0.1) is 0 Å². The molecule has 3 rings (SSSR count). The first-order valence-electron chi connectivity index (χ1n) is 9.04. The Morgan fingerprint density at radius 3 is 2.77 bits per heavy atom. The highest BCUT2D eigenvalue weighted by Gasteiger charge is 2.28. The number of aryl methyl sites for hydroxylation is 1. The maximum Gasteiger partial charge on any atom is 0.279 e. The van der Waals surface area contributed by atoms with Crippen molar-refractivity contribution in [3.8, 4) is 11.5 Å². The minimum Gasteiger partial charge on any atom is -0.497 e. The summed E-state index contributed by atoms with van der Waals surface area (Å²) in [5.41, 5.74) is 3.43. The lowest BCUT2D eigenvalue weighted by Gasteiger charge is -2.30. The van der Waals surface area contributed by atoms with Crippen LogP contribution in [0.2, 0.25) is 0 Å². The molecule has 0 radical (unpaired) electrons. The van der Waals surface area contributed by atoms with Crippen LogP contribution in [0.5, 0.6) is 11.5 Å². The summed E-state index contributed by atoms with van der Waals surface area (Å²) >= 11 is 0. The highest BCUT2D eigenvalue weighted by molar-refractivity contribution is 5.93. The summed E-state index contributed by atoms with van der Waals surface area (Å²) in [5, 5.41) is 2.97. The van der Waals surface area contributed by atoms with Crippen molar-refractivity contribution in [1.29, 1.82) is 0 Å². The van der Waals surface area contributed by atoms with Crippen molar-refractivity contribution >= 4 is 11.6 Å². The fraction of sp³-hybridized carbons (Fsp3) is 0.381. The number of amides is 1.